The topological polar surface area (TPSA) is 26.3 Å². The highest BCUT2D eigenvalue weighted by Crippen LogP contribution is 2.41. The third kappa shape index (κ3) is 3.14. The van der Waals surface area contributed by atoms with E-state index in [9.17, 15) is 4.79 Å². The largest absolute Gasteiger partial charge is 0.455 e. The van der Waals surface area contributed by atoms with Gasteiger partial charge in [-0.05, 0) is 36.2 Å². The van der Waals surface area contributed by atoms with Crippen LogP contribution in [0.2, 0.25) is 0 Å². The van der Waals surface area contributed by atoms with E-state index in [1.807, 2.05) is 66.7 Å². The molecule has 0 atom stereocenters. The van der Waals surface area contributed by atoms with Crippen molar-refractivity contribution >= 4 is 27.2 Å². The van der Waals surface area contributed by atoms with Crippen LogP contribution >= 0.6 is 11.3 Å². The minimum absolute atomic E-state index is 0.00743. The molecule has 128 valence electrons. The number of carbonyl (C=O) groups excluding carboxylic acids is 1. The third-order valence-corrected chi connectivity index (χ3v) is 5.49. The summed E-state index contributed by atoms with van der Waals surface area (Å²) in [6.07, 6.45) is 0.986. The van der Waals surface area contributed by atoms with Gasteiger partial charge in [0.2, 0.25) is 5.78 Å². The second-order valence-electron chi connectivity index (χ2n) is 6.05. The van der Waals surface area contributed by atoms with Crippen LogP contribution in [0.4, 0.5) is 0 Å². The van der Waals surface area contributed by atoms with Crippen molar-refractivity contribution in [1.82, 2.24) is 0 Å². The molecule has 0 radical (unpaired) electrons. The molecular formula is C23H18O2S. The minimum Gasteiger partial charge on any atom is -0.455 e. The highest BCUT2D eigenvalue weighted by atomic mass is 32.1. The zero-order valence-corrected chi connectivity index (χ0v) is 15.3. The molecule has 3 aromatic carbocycles. The van der Waals surface area contributed by atoms with E-state index < -0.39 is 0 Å². The first-order valence-electron chi connectivity index (χ1n) is 8.64. The van der Waals surface area contributed by atoms with E-state index in [-0.39, 0.29) is 5.78 Å². The van der Waals surface area contributed by atoms with Crippen LogP contribution < -0.4 is 4.74 Å². The molecule has 0 spiro atoms. The Labute approximate surface area is 156 Å². The first kappa shape index (κ1) is 16.6. The lowest BCUT2D eigenvalue weighted by Crippen LogP contribution is -2.00. The molecule has 0 amide bonds. The van der Waals surface area contributed by atoms with Crippen molar-refractivity contribution in [3.05, 3.63) is 94.9 Å². The smallest absolute Gasteiger partial charge is 0.206 e. The Morgan fingerprint density at radius 1 is 0.885 bits per heavy atom. The van der Waals surface area contributed by atoms with Gasteiger partial charge in [-0.25, -0.2) is 0 Å². The summed E-state index contributed by atoms with van der Waals surface area (Å²) in [6.45, 7) is 2.12. The van der Waals surface area contributed by atoms with Crippen molar-refractivity contribution in [2.24, 2.45) is 0 Å². The van der Waals surface area contributed by atoms with Gasteiger partial charge in [0, 0.05) is 15.6 Å². The summed E-state index contributed by atoms with van der Waals surface area (Å²) in [4.78, 5) is 13.7. The molecular weight excluding hydrogens is 340 g/mol. The van der Waals surface area contributed by atoms with E-state index in [1.54, 1.807) is 0 Å². The molecule has 2 nitrogen and oxygen atoms in total. The Balaban J connectivity index is 1.80. The Morgan fingerprint density at radius 3 is 2.31 bits per heavy atom. The van der Waals surface area contributed by atoms with E-state index in [0.717, 1.165) is 22.3 Å². The average molecular weight is 358 g/mol. The van der Waals surface area contributed by atoms with E-state index in [0.29, 0.717) is 16.2 Å². The van der Waals surface area contributed by atoms with Crippen LogP contribution in [0.3, 0.4) is 0 Å². The van der Waals surface area contributed by atoms with Gasteiger partial charge in [-0.2, -0.15) is 0 Å². The van der Waals surface area contributed by atoms with Crippen molar-refractivity contribution in [3.63, 3.8) is 0 Å². The molecule has 26 heavy (non-hydrogen) atoms. The molecule has 0 fully saturated rings. The van der Waals surface area contributed by atoms with Gasteiger partial charge < -0.3 is 4.74 Å². The molecule has 0 saturated carbocycles. The number of thiophene rings is 1. The second-order valence-corrected chi connectivity index (χ2v) is 7.10. The molecule has 0 bridgehead atoms. The molecule has 0 aliphatic carbocycles. The molecule has 1 heterocycles. The molecule has 3 heteroatoms. The van der Waals surface area contributed by atoms with Gasteiger partial charge in [-0.3, -0.25) is 4.79 Å². The zero-order valence-electron chi connectivity index (χ0n) is 14.4. The maximum atomic E-state index is 13.1. The number of rotatable bonds is 5. The van der Waals surface area contributed by atoms with Gasteiger partial charge in [0.15, 0.2) is 5.75 Å². The number of carbonyl (C=O) groups is 1. The number of hydrogen-bond acceptors (Lipinski definition) is 3. The van der Waals surface area contributed by atoms with Crippen molar-refractivity contribution < 1.29 is 9.53 Å². The van der Waals surface area contributed by atoms with Gasteiger partial charge in [-0.15, -0.1) is 11.3 Å². The molecule has 0 unspecified atom stereocenters. The summed E-state index contributed by atoms with van der Waals surface area (Å²) in [5.41, 5.74) is 1.93. The minimum atomic E-state index is -0.00743. The number of aryl methyl sites for hydroxylation is 1. The fourth-order valence-electron chi connectivity index (χ4n) is 2.90. The summed E-state index contributed by atoms with van der Waals surface area (Å²) in [7, 11) is 0. The number of fused-ring (bicyclic) bond motifs is 1. The van der Waals surface area contributed by atoms with Crippen LogP contribution in [0.5, 0.6) is 11.5 Å². The van der Waals surface area contributed by atoms with Crippen molar-refractivity contribution in [2.45, 2.75) is 13.3 Å². The summed E-state index contributed by atoms with van der Waals surface area (Å²) in [5.74, 6) is 1.38. The van der Waals surface area contributed by atoms with E-state index >= 15 is 0 Å². The van der Waals surface area contributed by atoms with E-state index in [1.165, 1.54) is 16.9 Å². The van der Waals surface area contributed by atoms with Crippen molar-refractivity contribution in [3.8, 4) is 11.5 Å². The summed E-state index contributed by atoms with van der Waals surface area (Å²) in [5, 5.41) is 0.969. The quantitative estimate of drug-likeness (QED) is 0.381. The normalized spacial score (nSPS) is 10.8. The standard InChI is InChI=1S/C23H18O2S/c1-2-16-12-14-18(15-13-16)25-22-19-10-6-7-11-20(19)26-23(22)21(24)17-8-4-3-5-9-17/h3-15H,2H2,1H3. The molecule has 0 saturated heterocycles. The zero-order chi connectivity index (χ0) is 17.9. The molecule has 0 aliphatic rings. The van der Waals surface area contributed by atoms with Crippen LogP contribution in [0.25, 0.3) is 10.1 Å². The fraction of sp³-hybridized carbons (Fsp3) is 0.0870. The molecule has 0 N–H and O–H groups in total. The first-order valence-corrected chi connectivity index (χ1v) is 9.46. The van der Waals surface area contributed by atoms with E-state index in [2.05, 4.69) is 19.1 Å². The lowest BCUT2D eigenvalue weighted by Gasteiger charge is -2.08. The highest BCUT2D eigenvalue weighted by Gasteiger charge is 2.21. The van der Waals surface area contributed by atoms with Crippen molar-refractivity contribution in [1.29, 1.82) is 0 Å². The Morgan fingerprint density at radius 2 is 1.58 bits per heavy atom. The monoisotopic (exact) mass is 358 g/mol. The van der Waals surface area contributed by atoms with Crippen LogP contribution in [0, 0.1) is 0 Å². The van der Waals surface area contributed by atoms with Gasteiger partial charge >= 0.3 is 0 Å². The third-order valence-electron chi connectivity index (χ3n) is 4.34. The van der Waals surface area contributed by atoms with Gasteiger partial charge in [0.1, 0.15) is 10.6 Å². The first-order chi connectivity index (χ1) is 12.8. The summed E-state index contributed by atoms with van der Waals surface area (Å²) in [6, 6.07) is 25.4. The predicted molar refractivity (Wildman–Crippen MR) is 108 cm³/mol. The van der Waals surface area contributed by atoms with Crippen LogP contribution in [0.1, 0.15) is 27.7 Å². The average Bonchev–Trinajstić information content (AvgIpc) is 3.07. The van der Waals surface area contributed by atoms with Gasteiger partial charge in [0.05, 0.1) is 0 Å². The summed E-state index contributed by atoms with van der Waals surface area (Å²) < 4.78 is 7.24. The second kappa shape index (κ2) is 7.14. The van der Waals surface area contributed by atoms with Gasteiger partial charge in [-0.1, -0.05) is 61.5 Å². The number of hydrogen-bond donors (Lipinski definition) is 0. The molecule has 0 aliphatic heterocycles. The Kier molecular flexibility index (Phi) is 4.55. The fourth-order valence-corrected chi connectivity index (χ4v) is 4.00. The number of ether oxygens (including phenoxy) is 1. The lowest BCUT2D eigenvalue weighted by atomic mass is 10.1. The molecule has 4 aromatic rings. The SMILES string of the molecule is CCc1ccc(Oc2c(C(=O)c3ccccc3)sc3ccccc23)cc1. The highest BCUT2D eigenvalue weighted by molar-refractivity contribution is 7.21. The number of ketones is 1. The summed E-state index contributed by atoms with van der Waals surface area (Å²) >= 11 is 1.48. The lowest BCUT2D eigenvalue weighted by molar-refractivity contribution is 0.104. The molecule has 4 rings (SSSR count). The maximum Gasteiger partial charge on any atom is 0.206 e. The van der Waals surface area contributed by atoms with Crippen LogP contribution in [-0.2, 0) is 6.42 Å². The van der Waals surface area contributed by atoms with Crippen LogP contribution in [0.15, 0.2) is 78.9 Å². The Bertz CT molecular complexity index is 1050. The predicted octanol–water partition coefficient (Wildman–Crippen LogP) is 6.49. The van der Waals surface area contributed by atoms with Gasteiger partial charge in [0.25, 0.3) is 0 Å². The maximum absolute atomic E-state index is 13.1. The van der Waals surface area contributed by atoms with E-state index in [4.69, 9.17) is 4.74 Å². The van der Waals surface area contributed by atoms with Crippen molar-refractivity contribution in [2.75, 3.05) is 0 Å². The number of benzene rings is 3. The molecule has 1 aromatic heterocycles. The Hall–Kier alpha value is -2.91. The van der Waals surface area contributed by atoms with Crippen LogP contribution in [-0.4, -0.2) is 5.78 Å².